The first kappa shape index (κ1) is 17.4. The highest BCUT2D eigenvalue weighted by Crippen LogP contribution is 2.36. The van der Waals surface area contributed by atoms with Gasteiger partial charge in [0.1, 0.15) is 12.4 Å². The van der Waals surface area contributed by atoms with Crippen molar-refractivity contribution in [1.82, 2.24) is 4.90 Å². The van der Waals surface area contributed by atoms with Crippen LogP contribution in [0.4, 0.5) is 4.79 Å². The monoisotopic (exact) mass is 375 g/mol. The standard InChI is InChI=1S/C22H17NO3S/c1-23-21(24)20(27-22(23)25)13-18-17-10-6-5-9-16(17)11-12-19(18)26-14-15-7-3-2-4-8-15/h2-13H,14H2,1H3/b20-13+. The zero-order valence-electron chi connectivity index (χ0n) is 14.7. The Bertz CT molecular complexity index is 1060. The number of carbonyl (C=O) groups is 2. The molecule has 0 unspecified atom stereocenters. The lowest BCUT2D eigenvalue weighted by Crippen LogP contribution is -2.22. The molecule has 27 heavy (non-hydrogen) atoms. The van der Waals surface area contributed by atoms with E-state index in [1.54, 1.807) is 6.08 Å². The summed E-state index contributed by atoms with van der Waals surface area (Å²) in [5.41, 5.74) is 1.87. The minimum absolute atomic E-state index is 0.266. The summed E-state index contributed by atoms with van der Waals surface area (Å²) in [5.74, 6) is 0.396. The third-order valence-corrected chi connectivity index (χ3v) is 5.39. The van der Waals surface area contributed by atoms with E-state index in [0.29, 0.717) is 17.3 Å². The van der Waals surface area contributed by atoms with Crippen LogP contribution in [0.15, 0.2) is 71.6 Å². The molecule has 0 bridgehead atoms. The maximum absolute atomic E-state index is 12.3. The van der Waals surface area contributed by atoms with E-state index in [-0.39, 0.29) is 11.1 Å². The van der Waals surface area contributed by atoms with Gasteiger partial charge < -0.3 is 4.74 Å². The number of fused-ring (bicyclic) bond motifs is 1. The molecule has 5 heteroatoms. The third kappa shape index (κ3) is 3.46. The lowest BCUT2D eigenvalue weighted by atomic mass is 10.0. The van der Waals surface area contributed by atoms with Crippen LogP contribution in [0.3, 0.4) is 0 Å². The van der Waals surface area contributed by atoms with E-state index in [0.717, 1.165) is 38.6 Å². The Kier molecular flexibility index (Phi) is 4.69. The molecule has 1 saturated heterocycles. The largest absolute Gasteiger partial charge is 0.488 e. The molecule has 0 atom stereocenters. The second-order valence-corrected chi connectivity index (χ2v) is 7.21. The Morgan fingerprint density at radius 2 is 1.70 bits per heavy atom. The van der Waals surface area contributed by atoms with Gasteiger partial charge in [-0.05, 0) is 40.2 Å². The molecule has 0 N–H and O–H groups in total. The first-order chi connectivity index (χ1) is 13.1. The highest BCUT2D eigenvalue weighted by molar-refractivity contribution is 8.18. The first-order valence-electron chi connectivity index (χ1n) is 8.53. The number of benzene rings is 3. The molecule has 3 aromatic carbocycles. The van der Waals surface area contributed by atoms with Gasteiger partial charge in [0.15, 0.2) is 0 Å². The van der Waals surface area contributed by atoms with Crippen molar-refractivity contribution < 1.29 is 14.3 Å². The summed E-state index contributed by atoms with van der Waals surface area (Å²) < 4.78 is 6.07. The normalized spacial score (nSPS) is 15.7. The van der Waals surface area contributed by atoms with Crippen molar-refractivity contribution in [3.63, 3.8) is 0 Å². The van der Waals surface area contributed by atoms with Crippen LogP contribution in [-0.4, -0.2) is 23.1 Å². The van der Waals surface area contributed by atoms with E-state index in [1.165, 1.54) is 7.05 Å². The van der Waals surface area contributed by atoms with Crippen molar-refractivity contribution in [2.24, 2.45) is 0 Å². The number of imide groups is 1. The number of amides is 2. The van der Waals surface area contributed by atoms with E-state index < -0.39 is 0 Å². The number of carbonyl (C=O) groups excluding carboxylic acids is 2. The molecular formula is C22H17NO3S. The first-order valence-corrected chi connectivity index (χ1v) is 9.35. The number of likely N-dealkylation sites (N-methyl/N-ethyl adjacent to an activating group) is 1. The van der Waals surface area contributed by atoms with E-state index in [2.05, 4.69) is 0 Å². The Labute approximate surface area is 161 Å². The van der Waals surface area contributed by atoms with E-state index in [9.17, 15) is 9.59 Å². The minimum atomic E-state index is -0.285. The van der Waals surface area contributed by atoms with Gasteiger partial charge in [0, 0.05) is 12.6 Å². The van der Waals surface area contributed by atoms with E-state index in [1.807, 2.05) is 66.7 Å². The highest BCUT2D eigenvalue weighted by atomic mass is 32.2. The molecule has 1 aliphatic heterocycles. The topological polar surface area (TPSA) is 46.6 Å². The molecule has 0 aromatic heterocycles. The Hall–Kier alpha value is -3.05. The van der Waals surface area contributed by atoms with Crippen LogP contribution < -0.4 is 4.74 Å². The smallest absolute Gasteiger partial charge is 0.293 e. The molecule has 0 spiro atoms. The van der Waals surface area contributed by atoms with Gasteiger partial charge in [-0.15, -0.1) is 0 Å². The molecule has 0 saturated carbocycles. The van der Waals surface area contributed by atoms with Crippen molar-refractivity contribution in [3.05, 3.63) is 82.8 Å². The van der Waals surface area contributed by atoms with Crippen molar-refractivity contribution in [1.29, 1.82) is 0 Å². The summed E-state index contributed by atoms with van der Waals surface area (Å²) in [5, 5.41) is 1.76. The number of nitrogens with zero attached hydrogens (tertiary/aromatic N) is 1. The lowest BCUT2D eigenvalue weighted by molar-refractivity contribution is -0.121. The van der Waals surface area contributed by atoms with Crippen LogP contribution in [-0.2, 0) is 11.4 Å². The quantitative estimate of drug-likeness (QED) is 0.596. The number of ether oxygens (including phenoxy) is 1. The summed E-state index contributed by atoms with van der Waals surface area (Å²) in [6, 6.07) is 21.7. The van der Waals surface area contributed by atoms with Crippen molar-refractivity contribution in [2.75, 3.05) is 7.05 Å². The molecule has 1 aliphatic rings. The van der Waals surface area contributed by atoms with Gasteiger partial charge in [-0.1, -0.05) is 60.7 Å². The van der Waals surface area contributed by atoms with Gasteiger partial charge in [-0.2, -0.15) is 0 Å². The minimum Gasteiger partial charge on any atom is -0.488 e. The van der Waals surface area contributed by atoms with Gasteiger partial charge in [0.25, 0.3) is 11.1 Å². The summed E-state index contributed by atoms with van der Waals surface area (Å²) in [7, 11) is 1.49. The summed E-state index contributed by atoms with van der Waals surface area (Å²) in [6.45, 7) is 0.426. The molecule has 4 nitrogen and oxygen atoms in total. The van der Waals surface area contributed by atoms with E-state index in [4.69, 9.17) is 4.74 Å². The van der Waals surface area contributed by atoms with Gasteiger partial charge in [-0.25, -0.2) is 0 Å². The Morgan fingerprint density at radius 3 is 2.44 bits per heavy atom. The predicted molar refractivity (Wildman–Crippen MR) is 108 cm³/mol. The second kappa shape index (κ2) is 7.29. The van der Waals surface area contributed by atoms with Gasteiger partial charge in [0.05, 0.1) is 4.91 Å². The van der Waals surface area contributed by atoms with Crippen LogP contribution in [0.2, 0.25) is 0 Å². The van der Waals surface area contributed by atoms with Gasteiger partial charge >= 0.3 is 0 Å². The number of thioether (sulfide) groups is 1. The van der Waals surface area contributed by atoms with Crippen LogP contribution in [0.25, 0.3) is 16.8 Å². The zero-order valence-corrected chi connectivity index (χ0v) is 15.5. The molecule has 134 valence electrons. The van der Waals surface area contributed by atoms with Gasteiger partial charge in [-0.3, -0.25) is 14.5 Å². The summed E-state index contributed by atoms with van der Waals surface area (Å²) in [4.78, 5) is 25.7. The van der Waals surface area contributed by atoms with Crippen molar-refractivity contribution in [2.45, 2.75) is 6.61 Å². The lowest BCUT2D eigenvalue weighted by Gasteiger charge is -2.13. The molecule has 1 fully saturated rings. The fraction of sp³-hybridized carbons (Fsp3) is 0.0909. The van der Waals surface area contributed by atoms with Crippen LogP contribution in [0.5, 0.6) is 5.75 Å². The van der Waals surface area contributed by atoms with Crippen LogP contribution in [0, 0.1) is 0 Å². The third-order valence-electron chi connectivity index (χ3n) is 4.43. The molecule has 3 aromatic rings. The second-order valence-electron chi connectivity index (χ2n) is 6.21. The zero-order chi connectivity index (χ0) is 18.8. The average molecular weight is 375 g/mol. The summed E-state index contributed by atoms with van der Waals surface area (Å²) in [6.07, 6.45) is 1.76. The molecule has 2 amide bonds. The van der Waals surface area contributed by atoms with Crippen LogP contribution in [0.1, 0.15) is 11.1 Å². The van der Waals surface area contributed by atoms with E-state index >= 15 is 0 Å². The highest BCUT2D eigenvalue weighted by Gasteiger charge is 2.32. The molecule has 0 radical (unpaired) electrons. The number of hydrogen-bond acceptors (Lipinski definition) is 4. The Balaban J connectivity index is 1.76. The number of hydrogen-bond donors (Lipinski definition) is 0. The average Bonchev–Trinajstić information content (AvgIpc) is 2.95. The van der Waals surface area contributed by atoms with Gasteiger partial charge in [0.2, 0.25) is 0 Å². The summed E-state index contributed by atoms with van der Waals surface area (Å²) >= 11 is 0.951. The number of rotatable bonds is 4. The fourth-order valence-electron chi connectivity index (χ4n) is 2.96. The molecule has 0 aliphatic carbocycles. The molecule has 1 heterocycles. The van der Waals surface area contributed by atoms with Crippen LogP contribution >= 0.6 is 11.8 Å². The fourth-order valence-corrected chi connectivity index (χ4v) is 3.77. The molecule has 4 rings (SSSR count). The SMILES string of the molecule is CN1C(=O)S/C(=C/c2c(OCc3ccccc3)ccc3ccccc23)C1=O. The maximum atomic E-state index is 12.3. The Morgan fingerprint density at radius 1 is 0.963 bits per heavy atom. The van der Waals surface area contributed by atoms with Crippen molar-refractivity contribution in [3.8, 4) is 5.75 Å². The molecular weight excluding hydrogens is 358 g/mol. The predicted octanol–water partition coefficient (Wildman–Crippen LogP) is 5.08. The van der Waals surface area contributed by atoms with Crippen molar-refractivity contribution >= 4 is 39.8 Å². The maximum Gasteiger partial charge on any atom is 0.293 e.